The minimum atomic E-state index is -0.887. The summed E-state index contributed by atoms with van der Waals surface area (Å²) in [6.07, 6.45) is 1.86. The number of aromatic nitrogens is 1. The molecule has 0 aliphatic rings. The third-order valence-electron chi connectivity index (χ3n) is 3.01. The van der Waals surface area contributed by atoms with Gasteiger partial charge in [0, 0.05) is 26.7 Å². The molecule has 8 heteroatoms. The lowest BCUT2D eigenvalue weighted by Crippen LogP contribution is -2.38. The van der Waals surface area contributed by atoms with Crippen LogP contribution in [0.5, 0.6) is 0 Å². The van der Waals surface area contributed by atoms with Crippen LogP contribution in [0.25, 0.3) is 0 Å². The van der Waals surface area contributed by atoms with Crippen LogP contribution in [-0.4, -0.2) is 41.5 Å². The molecule has 0 aliphatic heterocycles. The van der Waals surface area contributed by atoms with Crippen molar-refractivity contribution in [2.45, 2.75) is 18.9 Å². The molecule has 0 radical (unpaired) electrons. The van der Waals surface area contributed by atoms with Crippen molar-refractivity contribution in [1.82, 2.24) is 15.2 Å². The molecule has 0 bridgehead atoms. The van der Waals surface area contributed by atoms with Crippen LogP contribution >= 0.6 is 0 Å². The molecule has 1 atom stereocenters. The van der Waals surface area contributed by atoms with E-state index in [1.54, 1.807) is 7.05 Å². The molecule has 2 N–H and O–H groups in total. The molecule has 0 saturated heterocycles. The van der Waals surface area contributed by atoms with Gasteiger partial charge in [0.2, 0.25) is 5.78 Å². The van der Waals surface area contributed by atoms with Crippen molar-refractivity contribution in [2.24, 2.45) is 7.05 Å². The molecule has 0 aromatic carbocycles. The Morgan fingerprint density at radius 1 is 1.45 bits per heavy atom. The molecular weight excluding hydrogens is 288 g/mol. The van der Waals surface area contributed by atoms with Gasteiger partial charge in [0.15, 0.2) is 0 Å². The zero-order valence-electron chi connectivity index (χ0n) is 12.3. The summed E-state index contributed by atoms with van der Waals surface area (Å²) in [7, 11) is 2.93. The maximum absolute atomic E-state index is 12.0. The van der Waals surface area contributed by atoms with Crippen LogP contribution in [0.1, 0.15) is 28.9 Å². The number of nitrogens with one attached hydrogen (secondary N) is 2. The number of aryl methyl sites for hydroxylation is 1. The fourth-order valence-corrected chi connectivity index (χ4v) is 1.81. The summed E-state index contributed by atoms with van der Waals surface area (Å²) in [5, 5.41) is 13.4. The fraction of sp³-hybridized carbons (Fsp3) is 0.357. The Labute approximate surface area is 127 Å². The second-order valence-electron chi connectivity index (χ2n) is 4.59. The number of amides is 2. The molecule has 22 heavy (non-hydrogen) atoms. The zero-order chi connectivity index (χ0) is 16.7. The Balaban J connectivity index is 2.66. The van der Waals surface area contributed by atoms with E-state index in [1.807, 2.05) is 6.07 Å². The molecule has 1 unspecified atom stereocenters. The highest BCUT2D eigenvalue weighted by Crippen LogP contribution is 2.07. The fourth-order valence-electron chi connectivity index (χ4n) is 1.81. The van der Waals surface area contributed by atoms with Gasteiger partial charge in [-0.2, -0.15) is 5.26 Å². The van der Waals surface area contributed by atoms with Crippen LogP contribution in [0.4, 0.5) is 0 Å². The van der Waals surface area contributed by atoms with E-state index >= 15 is 0 Å². The molecular formula is C14H16N4O4. The maximum Gasteiger partial charge on any atom is 0.287 e. The average molecular weight is 304 g/mol. The number of nitrogens with zero attached hydrogens (tertiary/aromatic N) is 2. The highest BCUT2D eigenvalue weighted by molar-refractivity contribution is 6.36. The Morgan fingerprint density at radius 3 is 2.64 bits per heavy atom. The quantitative estimate of drug-likeness (QED) is 0.509. The van der Waals surface area contributed by atoms with Crippen molar-refractivity contribution in [3.63, 3.8) is 0 Å². The van der Waals surface area contributed by atoms with Gasteiger partial charge in [0.1, 0.15) is 18.0 Å². The van der Waals surface area contributed by atoms with E-state index in [1.165, 1.54) is 23.9 Å². The topological polar surface area (TPSA) is 121 Å². The minimum absolute atomic E-state index is 0.0248. The first-order chi connectivity index (χ1) is 10.4. The number of nitriles is 1. The van der Waals surface area contributed by atoms with E-state index in [4.69, 9.17) is 5.26 Å². The molecule has 2 amide bonds. The van der Waals surface area contributed by atoms with Gasteiger partial charge in [-0.15, -0.1) is 0 Å². The third-order valence-corrected chi connectivity index (χ3v) is 3.01. The number of rotatable bonds is 7. The van der Waals surface area contributed by atoms with E-state index in [9.17, 15) is 19.2 Å². The van der Waals surface area contributed by atoms with Crippen LogP contribution in [0.2, 0.25) is 0 Å². The molecule has 1 aromatic heterocycles. The Hall–Kier alpha value is -2.95. The van der Waals surface area contributed by atoms with E-state index in [2.05, 4.69) is 10.6 Å². The molecule has 116 valence electrons. The predicted molar refractivity (Wildman–Crippen MR) is 75.8 cm³/mol. The van der Waals surface area contributed by atoms with Crippen molar-refractivity contribution in [3.05, 3.63) is 23.5 Å². The number of ketones is 1. The highest BCUT2D eigenvalue weighted by Gasteiger charge is 2.19. The van der Waals surface area contributed by atoms with Crippen molar-refractivity contribution in [1.29, 1.82) is 5.26 Å². The van der Waals surface area contributed by atoms with E-state index in [0.717, 1.165) is 0 Å². The molecule has 0 aliphatic carbocycles. The summed E-state index contributed by atoms with van der Waals surface area (Å²) in [5.74, 6) is -1.93. The van der Waals surface area contributed by atoms with Gasteiger partial charge >= 0.3 is 0 Å². The third kappa shape index (κ3) is 4.28. The summed E-state index contributed by atoms with van der Waals surface area (Å²) in [5.41, 5.74) is 0.547. The molecule has 1 aromatic rings. The molecule has 8 nitrogen and oxygen atoms in total. The van der Waals surface area contributed by atoms with Crippen molar-refractivity contribution in [2.75, 3.05) is 7.05 Å². The lowest BCUT2D eigenvalue weighted by molar-refractivity contribution is -0.137. The lowest BCUT2D eigenvalue weighted by atomic mass is 10.1. The first kappa shape index (κ1) is 17.1. The summed E-state index contributed by atoms with van der Waals surface area (Å²) in [4.78, 5) is 45.5. The number of hydrogen-bond acceptors (Lipinski definition) is 5. The van der Waals surface area contributed by atoms with Gasteiger partial charge in [0.05, 0.1) is 11.6 Å². The number of likely N-dealkylation sites (N-methyl/N-ethyl adjacent to an activating group) is 1. The minimum Gasteiger partial charge on any atom is -0.353 e. The molecule has 0 fully saturated rings. The summed E-state index contributed by atoms with van der Waals surface area (Å²) in [6.45, 7) is 0. The van der Waals surface area contributed by atoms with Gasteiger partial charge in [-0.1, -0.05) is 0 Å². The predicted octanol–water partition coefficient (Wildman–Crippen LogP) is -0.711. The average Bonchev–Trinajstić information content (AvgIpc) is 2.91. The number of Topliss-reactive ketones (excluding diaryl/α,β-unsaturated/α-hetero) is 1. The Morgan fingerprint density at radius 2 is 2.14 bits per heavy atom. The Kier molecular flexibility index (Phi) is 6.01. The second-order valence-corrected chi connectivity index (χ2v) is 4.59. The number of carbonyl (C=O) groups excluding carboxylic acids is 4. The van der Waals surface area contributed by atoms with Gasteiger partial charge in [-0.25, -0.2) is 0 Å². The van der Waals surface area contributed by atoms with Crippen LogP contribution < -0.4 is 10.6 Å². The van der Waals surface area contributed by atoms with Crippen molar-refractivity contribution in [3.8, 4) is 6.07 Å². The van der Waals surface area contributed by atoms with E-state index in [0.29, 0.717) is 11.8 Å². The first-order valence-electron chi connectivity index (χ1n) is 6.50. The summed E-state index contributed by atoms with van der Waals surface area (Å²) >= 11 is 0. The molecule has 1 rings (SSSR count). The highest BCUT2D eigenvalue weighted by atomic mass is 16.2. The largest absolute Gasteiger partial charge is 0.353 e. The van der Waals surface area contributed by atoms with Gasteiger partial charge < -0.3 is 20.0 Å². The Bertz CT molecular complexity index is 642. The molecule has 0 spiro atoms. The van der Waals surface area contributed by atoms with Gasteiger partial charge in [-0.3, -0.25) is 14.4 Å². The van der Waals surface area contributed by atoms with Crippen LogP contribution in [0, 0.1) is 11.3 Å². The van der Waals surface area contributed by atoms with Crippen molar-refractivity contribution >= 4 is 23.9 Å². The van der Waals surface area contributed by atoms with E-state index < -0.39 is 23.6 Å². The monoisotopic (exact) mass is 304 g/mol. The van der Waals surface area contributed by atoms with E-state index in [-0.39, 0.29) is 18.5 Å². The number of aldehydes is 1. The van der Waals surface area contributed by atoms with Gasteiger partial charge in [-0.05, 0) is 12.5 Å². The lowest BCUT2D eigenvalue weighted by Gasteiger charge is -2.12. The van der Waals surface area contributed by atoms with Crippen LogP contribution in [0.3, 0.4) is 0 Å². The maximum atomic E-state index is 12.0. The first-order valence-corrected chi connectivity index (χ1v) is 6.50. The molecule has 0 saturated carbocycles. The van der Waals surface area contributed by atoms with Crippen molar-refractivity contribution < 1.29 is 19.2 Å². The van der Waals surface area contributed by atoms with Crippen LogP contribution in [0.15, 0.2) is 12.3 Å². The standard InChI is InChI=1S/C14H16N4O4/c1-16-14(22)12(20)4-3-10(8-19)17-13(21)11-5-9(6-15)7-18(11)2/h5,7-8,10H,3-4H2,1-2H3,(H,16,22)(H,17,21). The SMILES string of the molecule is CNC(=O)C(=O)CCC(C=O)NC(=O)c1cc(C#N)cn1C. The van der Waals surface area contributed by atoms with Gasteiger partial charge in [0.25, 0.3) is 11.8 Å². The number of hydrogen-bond donors (Lipinski definition) is 2. The second kappa shape index (κ2) is 7.73. The summed E-state index contributed by atoms with van der Waals surface area (Å²) in [6, 6.07) is 2.42. The zero-order valence-corrected chi connectivity index (χ0v) is 12.3. The normalized spacial score (nSPS) is 11.1. The molecule has 1 heterocycles. The number of carbonyl (C=O) groups is 4. The smallest absolute Gasteiger partial charge is 0.287 e. The summed E-state index contributed by atoms with van der Waals surface area (Å²) < 4.78 is 1.46. The van der Waals surface area contributed by atoms with Crippen LogP contribution in [-0.2, 0) is 21.4 Å².